The summed E-state index contributed by atoms with van der Waals surface area (Å²) >= 11 is 5.38. The minimum absolute atomic E-state index is 0.714. The van der Waals surface area contributed by atoms with Crippen molar-refractivity contribution in [3.8, 4) is 0 Å². The van der Waals surface area contributed by atoms with Crippen LogP contribution in [0.25, 0.3) is 0 Å². The van der Waals surface area contributed by atoms with Crippen molar-refractivity contribution in [3.63, 3.8) is 0 Å². The van der Waals surface area contributed by atoms with Crippen LogP contribution in [0.15, 0.2) is 15.2 Å². The van der Waals surface area contributed by atoms with Crippen LogP contribution in [0.4, 0.5) is 0 Å². The summed E-state index contributed by atoms with van der Waals surface area (Å²) < 4.78 is 1.28. The van der Waals surface area contributed by atoms with E-state index in [1.807, 2.05) is 0 Å². The van der Waals surface area contributed by atoms with Crippen molar-refractivity contribution >= 4 is 27.3 Å². The average molecular weight is 260 g/mol. The maximum Gasteiger partial charge on any atom is 0.0317 e. The van der Waals surface area contributed by atoms with E-state index in [1.54, 1.807) is 11.3 Å². The van der Waals surface area contributed by atoms with Crippen LogP contribution in [0.3, 0.4) is 0 Å². The van der Waals surface area contributed by atoms with Gasteiger partial charge in [0, 0.05) is 9.85 Å². The lowest BCUT2D eigenvalue weighted by Crippen LogP contribution is -2.16. The summed E-state index contributed by atoms with van der Waals surface area (Å²) in [5.41, 5.74) is 7.25. The number of nitrogens with two attached hydrogens (primary N) is 1. The van der Waals surface area contributed by atoms with E-state index < -0.39 is 0 Å². The zero-order valence-corrected chi connectivity index (χ0v) is 9.90. The Morgan fingerprint density at radius 1 is 1.46 bits per heavy atom. The van der Waals surface area contributed by atoms with Crippen LogP contribution < -0.4 is 5.73 Å². The molecule has 13 heavy (non-hydrogen) atoms. The van der Waals surface area contributed by atoms with Gasteiger partial charge in [-0.2, -0.15) is 11.3 Å². The van der Waals surface area contributed by atoms with E-state index in [-0.39, 0.29) is 0 Å². The molecule has 1 fully saturated rings. The largest absolute Gasteiger partial charge is 0.330 e. The summed E-state index contributed by atoms with van der Waals surface area (Å²) in [5.74, 6) is 1.43. The minimum Gasteiger partial charge on any atom is -0.330 e. The molecule has 1 nitrogen and oxygen atoms in total. The molecule has 1 aromatic heterocycles. The third kappa shape index (κ3) is 1.83. The molecule has 0 spiro atoms. The number of rotatable bonds is 2. The molecule has 1 aliphatic carbocycles. The quantitative estimate of drug-likeness (QED) is 0.867. The monoisotopic (exact) mass is 259 g/mol. The van der Waals surface area contributed by atoms with Crippen LogP contribution in [0.1, 0.15) is 30.7 Å². The van der Waals surface area contributed by atoms with Crippen molar-refractivity contribution in [2.45, 2.75) is 25.2 Å². The molecule has 2 rings (SSSR count). The molecular weight excluding hydrogens is 246 g/mol. The molecule has 0 aliphatic heterocycles. The Balaban J connectivity index is 2.20. The van der Waals surface area contributed by atoms with Crippen LogP contribution in [-0.4, -0.2) is 6.54 Å². The fraction of sp³-hybridized carbons (Fsp3) is 0.600. The molecule has 72 valence electrons. The molecule has 1 aromatic rings. The van der Waals surface area contributed by atoms with Crippen molar-refractivity contribution < 1.29 is 0 Å². The van der Waals surface area contributed by atoms with Gasteiger partial charge in [-0.05, 0) is 58.1 Å². The molecular formula is C10H14BrNS. The van der Waals surface area contributed by atoms with E-state index >= 15 is 0 Å². The van der Waals surface area contributed by atoms with Crippen LogP contribution in [0.2, 0.25) is 0 Å². The molecule has 0 bridgehead atoms. The fourth-order valence-electron chi connectivity index (χ4n) is 2.28. The first-order valence-corrected chi connectivity index (χ1v) is 6.48. The molecule has 2 N–H and O–H groups in total. The van der Waals surface area contributed by atoms with Gasteiger partial charge < -0.3 is 5.73 Å². The Hall–Kier alpha value is 0.140. The van der Waals surface area contributed by atoms with Crippen LogP contribution >= 0.6 is 27.3 Å². The predicted octanol–water partition coefficient (Wildman–Crippen LogP) is 3.35. The third-order valence-corrected chi connectivity index (χ3v) is 4.76. The Bertz CT molecular complexity index is 284. The van der Waals surface area contributed by atoms with Crippen LogP contribution in [0, 0.1) is 5.92 Å². The lowest BCUT2D eigenvalue weighted by Gasteiger charge is -2.17. The summed E-state index contributed by atoms with van der Waals surface area (Å²) in [7, 11) is 0. The first-order chi connectivity index (χ1) is 6.33. The first-order valence-electron chi connectivity index (χ1n) is 4.74. The van der Waals surface area contributed by atoms with E-state index in [0.29, 0.717) is 11.8 Å². The van der Waals surface area contributed by atoms with E-state index in [0.717, 1.165) is 6.54 Å². The topological polar surface area (TPSA) is 26.0 Å². The Morgan fingerprint density at radius 3 is 2.92 bits per heavy atom. The van der Waals surface area contributed by atoms with Gasteiger partial charge in [-0.25, -0.2) is 0 Å². The molecule has 2 atom stereocenters. The van der Waals surface area contributed by atoms with Gasteiger partial charge in [0.2, 0.25) is 0 Å². The zero-order valence-electron chi connectivity index (χ0n) is 7.50. The summed E-state index contributed by atoms with van der Waals surface area (Å²) in [6.45, 7) is 0.840. The molecule has 0 amide bonds. The average Bonchev–Trinajstić information content (AvgIpc) is 2.71. The summed E-state index contributed by atoms with van der Waals surface area (Å²) in [5, 5.41) is 4.43. The highest BCUT2D eigenvalue weighted by molar-refractivity contribution is 9.10. The van der Waals surface area contributed by atoms with Gasteiger partial charge in [0.1, 0.15) is 0 Å². The Labute approximate surface area is 91.5 Å². The number of hydrogen-bond donors (Lipinski definition) is 1. The van der Waals surface area contributed by atoms with Gasteiger partial charge in [-0.3, -0.25) is 0 Å². The zero-order chi connectivity index (χ0) is 9.26. The molecule has 3 heteroatoms. The maximum absolute atomic E-state index is 5.77. The molecule has 2 unspecified atom stereocenters. The van der Waals surface area contributed by atoms with Gasteiger partial charge in [0.25, 0.3) is 0 Å². The van der Waals surface area contributed by atoms with E-state index in [2.05, 4.69) is 26.7 Å². The number of hydrogen-bond acceptors (Lipinski definition) is 2. The number of thiophene rings is 1. The predicted molar refractivity (Wildman–Crippen MR) is 61.2 cm³/mol. The third-order valence-electron chi connectivity index (χ3n) is 3.00. The standard InChI is InChI=1S/C10H14BrNS/c11-10-6-13-5-9(10)8-3-1-2-7(8)4-12/h5-8H,1-4,12H2. The van der Waals surface area contributed by atoms with Gasteiger partial charge in [-0.15, -0.1) is 0 Å². The van der Waals surface area contributed by atoms with Gasteiger partial charge in [-0.1, -0.05) is 6.42 Å². The molecule has 0 radical (unpaired) electrons. The Morgan fingerprint density at radius 2 is 2.31 bits per heavy atom. The van der Waals surface area contributed by atoms with E-state index in [9.17, 15) is 0 Å². The second-order valence-electron chi connectivity index (χ2n) is 3.71. The molecule has 1 aliphatic rings. The van der Waals surface area contributed by atoms with Crippen molar-refractivity contribution in [2.75, 3.05) is 6.54 Å². The summed E-state index contributed by atoms with van der Waals surface area (Å²) in [4.78, 5) is 0. The Kier molecular flexibility index (Phi) is 3.06. The molecule has 1 saturated carbocycles. The minimum atomic E-state index is 0.714. The maximum atomic E-state index is 5.77. The van der Waals surface area contributed by atoms with Gasteiger partial charge in [0.15, 0.2) is 0 Å². The van der Waals surface area contributed by atoms with Gasteiger partial charge in [0.05, 0.1) is 0 Å². The lowest BCUT2D eigenvalue weighted by molar-refractivity contribution is 0.496. The smallest absolute Gasteiger partial charge is 0.0317 e. The van der Waals surface area contributed by atoms with Crippen molar-refractivity contribution in [3.05, 3.63) is 20.8 Å². The van der Waals surface area contributed by atoms with Crippen molar-refractivity contribution in [1.29, 1.82) is 0 Å². The first kappa shape index (κ1) is 9.69. The van der Waals surface area contributed by atoms with E-state index in [4.69, 9.17) is 5.73 Å². The fourth-order valence-corrected chi connectivity index (χ4v) is 3.94. The van der Waals surface area contributed by atoms with Crippen molar-refractivity contribution in [2.24, 2.45) is 11.7 Å². The highest BCUT2D eigenvalue weighted by Crippen LogP contribution is 2.42. The van der Waals surface area contributed by atoms with E-state index in [1.165, 1.54) is 29.3 Å². The second-order valence-corrected chi connectivity index (χ2v) is 5.31. The highest BCUT2D eigenvalue weighted by atomic mass is 79.9. The normalized spacial score (nSPS) is 28.2. The summed E-state index contributed by atoms with van der Waals surface area (Å²) in [6.07, 6.45) is 3.97. The van der Waals surface area contributed by atoms with Crippen LogP contribution in [-0.2, 0) is 0 Å². The molecule has 0 saturated heterocycles. The molecule has 1 heterocycles. The highest BCUT2D eigenvalue weighted by Gasteiger charge is 2.28. The molecule has 0 aromatic carbocycles. The second kappa shape index (κ2) is 4.11. The van der Waals surface area contributed by atoms with Gasteiger partial charge >= 0.3 is 0 Å². The SMILES string of the molecule is NCC1CCCC1c1cscc1Br. The van der Waals surface area contributed by atoms with Crippen molar-refractivity contribution in [1.82, 2.24) is 0 Å². The lowest BCUT2D eigenvalue weighted by atomic mass is 9.91. The summed E-state index contributed by atoms with van der Waals surface area (Å²) in [6, 6.07) is 0. The number of halogens is 1. The van der Waals surface area contributed by atoms with Crippen LogP contribution in [0.5, 0.6) is 0 Å².